The van der Waals surface area contributed by atoms with Crippen molar-refractivity contribution in [2.24, 2.45) is 0 Å². The molecule has 0 spiro atoms. The van der Waals surface area contributed by atoms with Crippen LogP contribution in [0.15, 0.2) is 71.6 Å². The summed E-state index contributed by atoms with van der Waals surface area (Å²) in [5.74, 6) is -0.100. The van der Waals surface area contributed by atoms with Crippen LogP contribution >= 0.6 is 0 Å². The molecule has 0 aliphatic rings. The average Bonchev–Trinajstić information content (AvgIpc) is 2.84. The first kappa shape index (κ1) is 28.0. The number of methoxy groups -OCH3 is 1. The molecule has 2 amide bonds. The van der Waals surface area contributed by atoms with E-state index in [-0.39, 0.29) is 31.5 Å². The number of halogens is 3. The van der Waals surface area contributed by atoms with E-state index in [4.69, 9.17) is 8.92 Å². The van der Waals surface area contributed by atoms with Crippen molar-refractivity contribution < 1.29 is 35.3 Å². The van der Waals surface area contributed by atoms with Crippen LogP contribution in [-0.4, -0.2) is 39.6 Å². The van der Waals surface area contributed by atoms with Gasteiger partial charge in [-0.2, -0.15) is 21.6 Å². The lowest BCUT2D eigenvalue weighted by Gasteiger charge is -2.24. The summed E-state index contributed by atoms with van der Waals surface area (Å²) in [6.07, 6.45) is -4.70. The fraction of sp³-hybridized carbons (Fsp3) is 0.269. The molecule has 11 heteroatoms. The SMILES string of the molecule is COCCN(Cc1cccc(OS(=O)(=O)c2cccc(C(F)(F)F)c2)c1)C(=O)Nc1cccc(C)c1C. The van der Waals surface area contributed by atoms with Gasteiger partial charge < -0.3 is 19.1 Å². The van der Waals surface area contributed by atoms with Crippen LogP contribution < -0.4 is 9.50 Å². The molecule has 0 heterocycles. The number of carbonyl (C=O) groups excluding carboxylic acids is 1. The molecule has 0 aliphatic carbocycles. The van der Waals surface area contributed by atoms with E-state index in [0.29, 0.717) is 17.3 Å². The number of nitrogens with zero attached hydrogens (tertiary/aromatic N) is 1. The molecule has 1 N–H and O–H groups in total. The summed E-state index contributed by atoms with van der Waals surface area (Å²) in [4.78, 5) is 13.9. The van der Waals surface area contributed by atoms with Gasteiger partial charge in [0.15, 0.2) is 0 Å². The predicted octanol–water partition coefficient (Wildman–Crippen LogP) is 5.77. The maximum Gasteiger partial charge on any atom is 0.416 e. The molecule has 0 saturated heterocycles. The molecule has 3 rings (SSSR count). The monoisotopic (exact) mass is 536 g/mol. The number of rotatable bonds is 9. The summed E-state index contributed by atoms with van der Waals surface area (Å²) in [5.41, 5.74) is 2.06. The number of hydrogen-bond acceptors (Lipinski definition) is 5. The maximum atomic E-state index is 13.0. The number of alkyl halides is 3. The molecular formula is C26H27F3N2O5S. The van der Waals surface area contributed by atoms with Crippen molar-refractivity contribution in [2.45, 2.75) is 31.5 Å². The van der Waals surface area contributed by atoms with Crippen molar-refractivity contribution in [3.63, 3.8) is 0 Å². The molecule has 3 aromatic rings. The Morgan fingerprint density at radius 3 is 2.41 bits per heavy atom. The highest BCUT2D eigenvalue weighted by atomic mass is 32.2. The fourth-order valence-corrected chi connectivity index (χ4v) is 4.42. The number of benzene rings is 3. The van der Waals surface area contributed by atoms with Crippen LogP contribution in [0.3, 0.4) is 0 Å². The highest BCUT2D eigenvalue weighted by Gasteiger charge is 2.32. The van der Waals surface area contributed by atoms with Crippen molar-refractivity contribution in [1.29, 1.82) is 0 Å². The van der Waals surface area contributed by atoms with Crippen LogP contribution in [0.4, 0.5) is 23.7 Å². The van der Waals surface area contributed by atoms with Crippen molar-refractivity contribution in [3.8, 4) is 5.75 Å². The van der Waals surface area contributed by atoms with E-state index in [1.165, 1.54) is 30.2 Å². The Hall–Kier alpha value is -3.57. The standard InChI is InChI=1S/C26H27F3N2O5S/c1-18-7-4-12-24(19(18)2)30-25(32)31(13-14-35-3)17-20-8-5-10-22(15-20)36-37(33,34)23-11-6-9-21(16-23)26(27,28)29/h4-12,15-16H,13-14,17H2,1-3H3,(H,30,32). The minimum Gasteiger partial charge on any atom is -0.383 e. The number of hydrogen-bond donors (Lipinski definition) is 1. The van der Waals surface area contributed by atoms with Crippen molar-refractivity contribution >= 4 is 21.8 Å². The van der Waals surface area contributed by atoms with Gasteiger partial charge in [-0.25, -0.2) is 4.79 Å². The summed E-state index contributed by atoms with van der Waals surface area (Å²) < 4.78 is 74.5. The summed E-state index contributed by atoms with van der Waals surface area (Å²) in [6.45, 7) is 4.45. The van der Waals surface area contributed by atoms with Crippen molar-refractivity contribution in [3.05, 3.63) is 89.0 Å². The Morgan fingerprint density at radius 2 is 1.70 bits per heavy atom. The molecule has 0 saturated carbocycles. The smallest absolute Gasteiger partial charge is 0.383 e. The molecule has 0 fully saturated rings. The Bertz CT molecular complexity index is 1360. The zero-order valence-electron chi connectivity index (χ0n) is 20.5. The van der Waals surface area contributed by atoms with Crippen LogP contribution in [0.5, 0.6) is 5.75 Å². The zero-order chi connectivity index (χ0) is 27.2. The molecule has 0 bridgehead atoms. The van der Waals surface area contributed by atoms with E-state index < -0.39 is 26.8 Å². The zero-order valence-corrected chi connectivity index (χ0v) is 21.3. The number of anilines is 1. The molecule has 0 aliphatic heterocycles. The number of ether oxygens (including phenoxy) is 1. The summed E-state index contributed by atoms with van der Waals surface area (Å²) in [7, 11) is -3.03. The number of amides is 2. The molecular weight excluding hydrogens is 509 g/mol. The van der Waals surface area contributed by atoms with Crippen LogP contribution in [-0.2, 0) is 27.6 Å². The van der Waals surface area contributed by atoms with Gasteiger partial charge in [-0.05, 0) is 66.9 Å². The highest BCUT2D eigenvalue weighted by molar-refractivity contribution is 7.87. The highest BCUT2D eigenvalue weighted by Crippen LogP contribution is 2.31. The van der Waals surface area contributed by atoms with Gasteiger partial charge in [-0.15, -0.1) is 0 Å². The number of aryl methyl sites for hydroxylation is 1. The first-order chi connectivity index (χ1) is 17.4. The number of carbonyl (C=O) groups is 1. The minimum absolute atomic E-state index is 0.0981. The Balaban J connectivity index is 1.79. The molecule has 0 unspecified atom stereocenters. The fourth-order valence-electron chi connectivity index (χ4n) is 3.45. The Labute approximate surface area is 213 Å². The molecule has 198 valence electrons. The third-order valence-corrected chi connectivity index (χ3v) is 6.87. The van der Waals surface area contributed by atoms with Gasteiger partial charge >= 0.3 is 22.3 Å². The average molecular weight is 537 g/mol. The number of nitrogens with one attached hydrogen (secondary N) is 1. The van der Waals surface area contributed by atoms with Gasteiger partial charge in [-0.1, -0.05) is 30.3 Å². The van der Waals surface area contributed by atoms with Gasteiger partial charge in [0.05, 0.1) is 12.2 Å². The van der Waals surface area contributed by atoms with E-state index in [1.807, 2.05) is 26.0 Å². The quantitative estimate of drug-likeness (QED) is 0.351. The van der Waals surface area contributed by atoms with Crippen LogP contribution in [0.25, 0.3) is 0 Å². The molecule has 7 nitrogen and oxygen atoms in total. The topological polar surface area (TPSA) is 84.9 Å². The van der Waals surface area contributed by atoms with E-state index in [1.54, 1.807) is 12.1 Å². The summed E-state index contributed by atoms with van der Waals surface area (Å²) >= 11 is 0. The van der Waals surface area contributed by atoms with E-state index in [9.17, 15) is 26.4 Å². The van der Waals surface area contributed by atoms with Gasteiger partial charge in [0.25, 0.3) is 0 Å². The summed E-state index contributed by atoms with van der Waals surface area (Å²) in [6, 6.07) is 14.5. The number of urea groups is 1. The Kier molecular flexibility index (Phi) is 8.82. The van der Waals surface area contributed by atoms with Crippen LogP contribution in [0.1, 0.15) is 22.3 Å². The lowest BCUT2D eigenvalue weighted by molar-refractivity contribution is -0.137. The predicted molar refractivity (Wildman–Crippen MR) is 133 cm³/mol. The van der Waals surface area contributed by atoms with Crippen molar-refractivity contribution in [1.82, 2.24) is 4.90 Å². The van der Waals surface area contributed by atoms with Gasteiger partial charge in [0.1, 0.15) is 10.6 Å². The van der Waals surface area contributed by atoms with Crippen LogP contribution in [0.2, 0.25) is 0 Å². The third kappa shape index (κ3) is 7.46. The van der Waals surface area contributed by atoms with Gasteiger partial charge in [0.2, 0.25) is 0 Å². The molecule has 37 heavy (non-hydrogen) atoms. The largest absolute Gasteiger partial charge is 0.416 e. The molecule has 3 aromatic carbocycles. The van der Waals surface area contributed by atoms with E-state index >= 15 is 0 Å². The second-order valence-corrected chi connectivity index (χ2v) is 9.85. The van der Waals surface area contributed by atoms with Gasteiger partial charge in [-0.3, -0.25) is 0 Å². The van der Waals surface area contributed by atoms with E-state index in [0.717, 1.165) is 29.3 Å². The molecule has 0 aromatic heterocycles. The maximum absolute atomic E-state index is 13.0. The first-order valence-electron chi connectivity index (χ1n) is 11.2. The second-order valence-electron chi connectivity index (χ2n) is 8.30. The molecule has 0 atom stereocenters. The minimum atomic E-state index is -4.70. The third-order valence-electron chi connectivity index (χ3n) is 5.63. The second kappa shape index (κ2) is 11.7. The first-order valence-corrected chi connectivity index (χ1v) is 12.6. The lowest BCUT2D eigenvalue weighted by Crippen LogP contribution is -2.37. The van der Waals surface area contributed by atoms with Gasteiger partial charge in [0, 0.05) is 25.9 Å². The van der Waals surface area contributed by atoms with Crippen LogP contribution in [0, 0.1) is 13.8 Å². The summed E-state index contributed by atoms with van der Waals surface area (Å²) in [5, 5.41) is 2.88. The molecule has 0 radical (unpaired) electrons. The normalized spacial score (nSPS) is 11.7. The lowest BCUT2D eigenvalue weighted by atomic mass is 10.1. The van der Waals surface area contributed by atoms with Crippen molar-refractivity contribution in [2.75, 3.05) is 25.6 Å². The Morgan fingerprint density at radius 1 is 1.00 bits per heavy atom. The van der Waals surface area contributed by atoms with E-state index in [2.05, 4.69) is 5.32 Å².